The van der Waals surface area contributed by atoms with Crippen LogP contribution in [0.5, 0.6) is 0 Å². The summed E-state index contributed by atoms with van der Waals surface area (Å²) in [5, 5.41) is 8.66. The molecular weight excluding hydrogens is 193 g/mol. The number of benzene rings is 1. The normalized spacial score (nSPS) is 10.3. The Morgan fingerprint density at radius 2 is 2.27 bits per heavy atom. The second-order valence-corrected chi connectivity index (χ2v) is 3.42. The first-order valence-electron chi connectivity index (χ1n) is 4.75. The molecule has 1 aromatic rings. The lowest BCUT2D eigenvalue weighted by molar-refractivity contribution is 0.330. The lowest BCUT2D eigenvalue weighted by Crippen LogP contribution is -2.25. The molecule has 0 unspecified atom stereocenters. The Morgan fingerprint density at radius 3 is 2.87 bits per heavy atom. The van der Waals surface area contributed by atoms with Crippen LogP contribution in [0, 0.1) is 17.1 Å². The van der Waals surface area contributed by atoms with E-state index >= 15 is 0 Å². The van der Waals surface area contributed by atoms with Gasteiger partial charge in [0.25, 0.3) is 0 Å². The van der Waals surface area contributed by atoms with Crippen LogP contribution in [0.1, 0.15) is 11.1 Å². The molecule has 0 spiro atoms. The lowest BCUT2D eigenvalue weighted by atomic mass is 10.1. The highest BCUT2D eigenvalue weighted by Crippen LogP contribution is 2.13. The van der Waals surface area contributed by atoms with Gasteiger partial charge in [0.05, 0.1) is 5.56 Å². The van der Waals surface area contributed by atoms with Crippen LogP contribution in [0.15, 0.2) is 18.2 Å². The molecular formula is C11H14FN3. The van der Waals surface area contributed by atoms with E-state index in [2.05, 4.69) is 0 Å². The van der Waals surface area contributed by atoms with E-state index in [0.717, 1.165) is 0 Å². The Bertz CT molecular complexity index is 371. The van der Waals surface area contributed by atoms with Gasteiger partial charge in [-0.2, -0.15) is 5.26 Å². The molecule has 0 aliphatic rings. The van der Waals surface area contributed by atoms with E-state index in [4.69, 9.17) is 11.0 Å². The Morgan fingerprint density at radius 1 is 1.53 bits per heavy atom. The number of nitriles is 1. The number of nitrogens with two attached hydrogens (primary N) is 1. The fourth-order valence-electron chi connectivity index (χ4n) is 1.38. The summed E-state index contributed by atoms with van der Waals surface area (Å²) in [7, 11) is 1.87. The molecule has 0 fully saturated rings. The second-order valence-electron chi connectivity index (χ2n) is 3.42. The molecule has 4 heteroatoms. The summed E-state index contributed by atoms with van der Waals surface area (Å²) in [6, 6.07) is 6.67. The fourth-order valence-corrected chi connectivity index (χ4v) is 1.38. The molecule has 0 aliphatic carbocycles. The first kappa shape index (κ1) is 11.6. The summed E-state index contributed by atoms with van der Waals surface area (Å²) < 4.78 is 13.6. The number of hydrogen-bond acceptors (Lipinski definition) is 3. The molecule has 0 heterocycles. The van der Waals surface area contributed by atoms with Crippen LogP contribution in [0.4, 0.5) is 4.39 Å². The van der Waals surface area contributed by atoms with Crippen LogP contribution in [0.3, 0.4) is 0 Å². The minimum Gasteiger partial charge on any atom is -0.329 e. The highest BCUT2D eigenvalue weighted by atomic mass is 19.1. The van der Waals surface area contributed by atoms with E-state index in [1.807, 2.05) is 18.0 Å². The van der Waals surface area contributed by atoms with Gasteiger partial charge in [-0.15, -0.1) is 0 Å². The van der Waals surface area contributed by atoms with Crippen molar-refractivity contribution in [3.05, 3.63) is 35.1 Å². The maximum atomic E-state index is 13.6. The van der Waals surface area contributed by atoms with Crippen molar-refractivity contribution in [1.82, 2.24) is 4.90 Å². The zero-order chi connectivity index (χ0) is 11.3. The van der Waals surface area contributed by atoms with Crippen LogP contribution >= 0.6 is 0 Å². The lowest BCUT2D eigenvalue weighted by Gasteiger charge is -2.15. The van der Waals surface area contributed by atoms with Crippen molar-refractivity contribution < 1.29 is 4.39 Å². The number of hydrogen-bond donors (Lipinski definition) is 1. The average molecular weight is 207 g/mol. The van der Waals surface area contributed by atoms with E-state index in [9.17, 15) is 4.39 Å². The predicted molar refractivity (Wildman–Crippen MR) is 56.5 cm³/mol. The van der Waals surface area contributed by atoms with Gasteiger partial charge in [0, 0.05) is 25.2 Å². The number of nitrogens with zero attached hydrogens (tertiary/aromatic N) is 2. The van der Waals surface area contributed by atoms with E-state index in [1.165, 1.54) is 6.07 Å². The fraction of sp³-hybridized carbons (Fsp3) is 0.364. The van der Waals surface area contributed by atoms with Crippen LogP contribution in [-0.2, 0) is 6.54 Å². The van der Waals surface area contributed by atoms with Crippen molar-refractivity contribution in [2.24, 2.45) is 5.73 Å². The van der Waals surface area contributed by atoms with E-state index in [1.54, 1.807) is 12.1 Å². The van der Waals surface area contributed by atoms with Crippen LogP contribution < -0.4 is 5.73 Å². The Kier molecular flexibility index (Phi) is 4.22. The van der Waals surface area contributed by atoms with Crippen molar-refractivity contribution in [1.29, 1.82) is 5.26 Å². The minimum atomic E-state index is -0.427. The molecule has 0 bridgehead atoms. The molecule has 0 saturated carbocycles. The number of likely N-dealkylation sites (N-methyl/N-ethyl adjacent to an activating group) is 1. The minimum absolute atomic E-state index is 0.0913. The van der Waals surface area contributed by atoms with Gasteiger partial charge in [-0.05, 0) is 13.1 Å². The largest absolute Gasteiger partial charge is 0.329 e. The number of rotatable bonds is 4. The van der Waals surface area contributed by atoms with Crippen molar-refractivity contribution in [2.45, 2.75) is 6.54 Å². The summed E-state index contributed by atoms with van der Waals surface area (Å²) in [5.41, 5.74) is 6.01. The van der Waals surface area contributed by atoms with Gasteiger partial charge >= 0.3 is 0 Å². The average Bonchev–Trinajstić information content (AvgIpc) is 2.21. The summed E-state index contributed by atoms with van der Waals surface area (Å²) in [6.07, 6.45) is 0. The molecule has 0 aromatic heterocycles. The summed E-state index contributed by atoms with van der Waals surface area (Å²) in [5.74, 6) is -0.427. The maximum Gasteiger partial charge on any atom is 0.145 e. The molecule has 1 rings (SSSR count). The summed E-state index contributed by atoms with van der Waals surface area (Å²) in [4.78, 5) is 1.92. The molecule has 0 atom stereocenters. The molecule has 1 aromatic carbocycles. The SMILES string of the molecule is CN(CCN)Cc1cccc(C#N)c1F. The van der Waals surface area contributed by atoms with Crippen molar-refractivity contribution in [2.75, 3.05) is 20.1 Å². The van der Waals surface area contributed by atoms with Gasteiger partial charge in [-0.1, -0.05) is 12.1 Å². The first-order chi connectivity index (χ1) is 7.19. The molecule has 2 N–H and O–H groups in total. The highest BCUT2D eigenvalue weighted by Gasteiger charge is 2.08. The van der Waals surface area contributed by atoms with E-state index in [-0.39, 0.29) is 5.56 Å². The molecule has 80 valence electrons. The standard InChI is InChI=1S/C11H14FN3/c1-15(6-5-13)8-10-4-2-3-9(7-14)11(10)12/h2-4H,5-6,8,13H2,1H3. The summed E-state index contributed by atoms with van der Waals surface area (Å²) in [6.45, 7) is 1.71. The van der Waals surface area contributed by atoms with Crippen LogP contribution in [0.25, 0.3) is 0 Å². The smallest absolute Gasteiger partial charge is 0.145 e. The molecule has 0 amide bonds. The molecule has 0 radical (unpaired) electrons. The van der Waals surface area contributed by atoms with Gasteiger partial charge in [-0.25, -0.2) is 4.39 Å². The Balaban J connectivity index is 2.82. The monoisotopic (exact) mass is 207 g/mol. The number of halogens is 1. The molecule has 0 saturated heterocycles. The van der Waals surface area contributed by atoms with Crippen LogP contribution in [0.2, 0.25) is 0 Å². The highest BCUT2D eigenvalue weighted by molar-refractivity contribution is 5.34. The third-order valence-electron chi connectivity index (χ3n) is 2.15. The topological polar surface area (TPSA) is 53.0 Å². The Hall–Kier alpha value is -1.44. The van der Waals surface area contributed by atoms with Gasteiger partial charge in [0.2, 0.25) is 0 Å². The molecule has 0 aliphatic heterocycles. The van der Waals surface area contributed by atoms with Gasteiger partial charge in [0.1, 0.15) is 11.9 Å². The van der Waals surface area contributed by atoms with Gasteiger partial charge in [-0.3, -0.25) is 0 Å². The van der Waals surface area contributed by atoms with Crippen LogP contribution in [-0.4, -0.2) is 25.0 Å². The van der Waals surface area contributed by atoms with Crippen molar-refractivity contribution in [3.63, 3.8) is 0 Å². The van der Waals surface area contributed by atoms with Crippen molar-refractivity contribution >= 4 is 0 Å². The second kappa shape index (κ2) is 5.44. The Labute approximate surface area is 88.9 Å². The quantitative estimate of drug-likeness (QED) is 0.804. The van der Waals surface area contributed by atoms with E-state index < -0.39 is 5.82 Å². The molecule has 3 nitrogen and oxygen atoms in total. The molecule has 15 heavy (non-hydrogen) atoms. The van der Waals surface area contributed by atoms with Gasteiger partial charge < -0.3 is 10.6 Å². The first-order valence-corrected chi connectivity index (χ1v) is 4.75. The maximum absolute atomic E-state index is 13.6. The van der Waals surface area contributed by atoms with Gasteiger partial charge in [0.15, 0.2) is 0 Å². The summed E-state index contributed by atoms with van der Waals surface area (Å²) >= 11 is 0. The predicted octanol–water partition coefficient (Wildman–Crippen LogP) is 1.09. The third-order valence-corrected chi connectivity index (χ3v) is 2.15. The van der Waals surface area contributed by atoms with E-state index in [0.29, 0.717) is 25.2 Å². The third kappa shape index (κ3) is 3.01. The zero-order valence-electron chi connectivity index (χ0n) is 8.70. The van der Waals surface area contributed by atoms with Crippen molar-refractivity contribution in [3.8, 4) is 6.07 Å². The zero-order valence-corrected chi connectivity index (χ0v) is 8.70.